The first-order chi connectivity index (χ1) is 8.55. The van der Waals surface area contributed by atoms with Gasteiger partial charge in [0.2, 0.25) is 10.0 Å². The Kier molecular flexibility index (Phi) is 4.99. The zero-order valence-electron chi connectivity index (χ0n) is 10.2. The number of halogens is 1. The van der Waals surface area contributed by atoms with Gasteiger partial charge in [-0.25, -0.2) is 8.42 Å². The van der Waals surface area contributed by atoms with Gasteiger partial charge in [0, 0.05) is 28.6 Å². The van der Waals surface area contributed by atoms with Crippen molar-refractivity contribution in [1.29, 1.82) is 0 Å². The fourth-order valence-electron chi connectivity index (χ4n) is 1.95. The van der Waals surface area contributed by atoms with E-state index >= 15 is 0 Å². The molecule has 0 spiro atoms. The van der Waals surface area contributed by atoms with Crippen molar-refractivity contribution in [2.24, 2.45) is 0 Å². The monoisotopic (exact) mass is 325 g/mol. The molecule has 0 radical (unpaired) electrons. The first kappa shape index (κ1) is 14.7. The molecule has 3 nitrogen and oxygen atoms in total. The third kappa shape index (κ3) is 3.04. The summed E-state index contributed by atoms with van der Waals surface area (Å²) in [6.45, 7) is 3.08. The SMILES string of the molecule is Cc1sc(CCl)cc1S(=O)(=O)N1CCCSCC1. The smallest absolute Gasteiger partial charge is 0.207 e. The van der Waals surface area contributed by atoms with Crippen molar-refractivity contribution in [2.45, 2.75) is 24.1 Å². The van der Waals surface area contributed by atoms with Gasteiger partial charge in [-0.15, -0.1) is 22.9 Å². The number of hydrogen-bond donors (Lipinski definition) is 0. The molecule has 0 N–H and O–H groups in total. The zero-order valence-corrected chi connectivity index (χ0v) is 13.4. The van der Waals surface area contributed by atoms with Gasteiger partial charge in [0.15, 0.2) is 0 Å². The number of nitrogens with zero attached hydrogens (tertiary/aromatic N) is 1. The molecule has 0 aliphatic carbocycles. The third-order valence-corrected chi connectivity index (χ3v) is 7.55. The Morgan fingerprint density at radius 2 is 2.17 bits per heavy atom. The Morgan fingerprint density at radius 1 is 1.39 bits per heavy atom. The molecule has 0 aromatic carbocycles. The quantitative estimate of drug-likeness (QED) is 0.802. The second-order valence-electron chi connectivity index (χ2n) is 4.14. The van der Waals surface area contributed by atoms with Gasteiger partial charge < -0.3 is 0 Å². The van der Waals surface area contributed by atoms with E-state index in [4.69, 9.17) is 11.6 Å². The lowest BCUT2D eigenvalue weighted by Gasteiger charge is -2.19. The van der Waals surface area contributed by atoms with Crippen LogP contribution in [0.2, 0.25) is 0 Å². The highest BCUT2D eigenvalue weighted by Crippen LogP contribution is 2.30. The lowest BCUT2D eigenvalue weighted by Crippen LogP contribution is -2.33. The molecule has 7 heteroatoms. The molecule has 102 valence electrons. The van der Waals surface area contributed by atoms with Crippen molar-refractivity contribution in [3.63, 3.8) is 0 Å². The molecule has 0 unspecified atom stereocenters. The summed E-state index contributed by atoms with van der Waals surface area (Å²) in [4.78, 5) is 2.19. The number of alkyl halides is 1. The standard InChI is InChI=1S/C11H16ClNO2S3/c1-9-11(7-10(8-12)17-9)18(14,15)13-3-2-5-16-6-4-13/h7H,2-6,8H2,1H3. The van der Waals surface area contributed by atoms with Gasteiger partial charge in [0.1, 0.15) is 0 Å². The number of thioether (sulfide) groups is 1. The summed E-state index contributed by atoms with van der Waals surface area (Å²) in [6, 6.07) is 1.72. The average Bonchev–Trinajstić information content (AvgIpc) is 2.55. The second kappa shape index (κ2) is 6.13. The topological polar surface area (TPSA) is 37.4 Å². The molecular weight excluding hydrogens is 310 g/mol. The second-order valence-corrected chi connectivity index (χ2v) is 8.88. The summed E-state index contributed by atoms with van der Waals surface area (Å²) in [5.41, 5.74) is 0. The first-order valence-corrected chi connectivity index (χ1v) is 9.73. The molecule has 2 rings (SSSR count). The predicted octanol–water partition coefficient (Wildman–Crippen LogP) is 2.92. The van der Waals surface area contributed by atoms with Gasteiger partial charge in [-0.1, -0.05) is 0 Å². The van der Waals surface area contributed by atoms with Crippen LogP contribution in [0, 0.1) is 6.92 Å². The summed E-state index contributed by atoms with van der Waals surface area (Å²) < 4.78 is 26.8. The number of aryl methyl sites for hydroxylation is 1. The van der Waals surface area contributed by atoms with Crippen molar-refractivity contribution < 1.29 is 8.42 Å². The van der Waals surface area contributed by atoms with Gasteiger partial charge in [-0.3, -0.25) is 0 Å². The van der Waals surface area contributed by atoms with Crippen molar-refractivity contribution >= 4 is 44.7 Å². The number of thiophene rings is 1. The van der Waals surface area contributed by atoms with E-state index in [-0.39, 0.29) is 0 Å². The molecule has 1 fully saturated rings. The summed E-state index contributed by atoms with van der Waals surface area (Å²) in [5, 5.41) is 0. The highest BCUT2D eigenvalue weighted by molar-refractivity contribution is 7.99. The maximum absolute atomic E-state index is 12.6. The number of hydrogen-bond acceptors (Lipinski definition) is 4. The number of sulfonamides is 1. The summed E-state index contributed by atoms with van der Waals surface area (Å²) in [7, 11) is -3.33. The fourth-order valence-corrected chi connectivity index (χ4v) is 6.13. The Labute approximate surface area is 122 Å². The van der Waals surface area contributed by atoms with Crippen molar-refractivity contribution in [2.75, 3.05) is 24.6 Å². The van der Waals surface area contributed by atoms with Crippen LogP contribution in [-0.4, -0.2) is 37.3 Å². The minimum Gasteiger partial charge on any atom is -0.207 e. The fraction of sp³-hybridized carbons (Fsp3) is 0.636. The molecule has 2 heterocycles. The average molecular weight is 326 g/mol. The van der Waals surface area contributed by atoms with Crippen LogP contribution < -0.4 is 0 Å². The van der Waals surface area contributed by atoms with Crippen LogP contribution in [0.5, 0.6) is 0 Å². The Morgan fingerprint density at radius 3 is 2.83 bits per heavy atom. The van der Waals surface area contributed by atoms with Gasteiger partial charge in [-0.05, 0) is 25.2 Å². The Bertz CT molecular complexity index is 504. The van der Waals surface area contributed by atoms with Crippen molar-refractivity contribution in [3.8, 4) is 0 Å². The van der Waals surface area contributed by atoms with Crippen LogP contribution in [0.15, 0.2) is 11.0 Å². The third-order valence-electron chi connectivity index (χ3n) is 2.85. The Balaban J connectivity index is 2.31. The predicted molar refractivity (Wildman–Crippen MR) is 79.3 cm³/mol. The van der Waals surface area contributed by atoms with E-state index in [1.54, 1.807) is 10.4 Å². The van der Waals surface area contributed by atoms with Crippen LogP contribution in [-0.2, 0) is 15.9 Å². The van der Waals surface area contributed by atoms with Gasteiger partial charge in [-0.2, -0.15) is 16.1 Å². The van der Waals surface area contributed by atoms with Gasteiger partial charge in [0.25, 0.3) is 0 Å². The highest BCUT2D eigenvalue weighted by atomic mass is 35.5. The van der Waals surface area contributed by atoms with E-state index in [2.05, 4.69) is 0 Å². The molecule has 1 aromatic rings. The minimum atomic E-state index is -3.33. The Hall–Kier alpha value is 0.250. The van der Waals surface area contributed by atoms with Crippen LogP contribution >= 0.6 is 34.7 Å². The molecule has 18 heavy (non-hydrogen) atoms. The zero-order chi connectivity index (χ0) is 13.2. The van der Waals surface area contributed by atoms with Crippen LogP contribution in [0.1, 0.15) is 16.2 Å². The van der Waals surface area contributed by atoms with E-state index in [1.165, 1.54) is 11.3 Å². The molecule has 0 bridgehead atoms. The minimum absolute atomic E-state index is 0.372. The van der Waals surface area contributed by atoms with E-state index < -0.39 is 10.0 Å². The van der Waals surface area contributed by atoms with Crippen LogP contribution in [0.25, 0.3) is 0 Å². The van der Waals surface area contributed by atoms with E-state index in [9.17, 15) is 8.42 Å². The first-order valence-electron chi connectivity index (χ1n) is 5.79. The van der Waals surface area contributed by atoms with Gasteiger partial charge in [0.05, 0.1) is 10.8 Å². The molecule has 0 saturated carbocycles. The summed E-state index contributed by atoms with van der Waals surface area (Å²) in [5.74, 6) is 2.29. The van der Waals surface area contributed by atoms with Crippen molar-refractivity contribution in [1.82, 2.24) is 4.31 Å². The van der Waals surface area contributed by atoms with E-state index in [0.717, 1.165) is 27.7 Å². The molecule has 1 aliphatic heterocycles. The lowest BCUT2D eigenvalue weighted by atomic mass is 10.4. The highest BCUT2D eigenvalue weighted by Gasteiger charge is 2.28. The molecule has 0 amide bonds. The van der Waals surface area contributed by atoms with E-state index in [1.807, 2.05) is 18.7 Å². The van der Waals surface area contributed by atoms with Crippen LogP contribution in [0.4, 0.5) is 0 Å². The molecule has 1 aromatic heterocycles. The normalized spacial score (nSPS) is 18.8. The molecule has 1 saturated heterocycles. The van der Waals surface area contributed by atoms with Gasteiger partial charge >= 0.3 is 0 Å². The maximum atomic E-state index is 12.6. The molecule has 0 atom stereocenters. The molecule has 1 aliphatic rings. The maximum Gasteiger partial charge on any atom is 0.244 e. The number of rotatable bonds is 3. The summed E-state index contributed by atoms with van der Waals surface area (Å²) >= 11 is 9.06. The van der Waals surface area contributed by atoms with Crippen LogP contribution in [0.3, 0.4) is 0 Å². The lowest BCUT2D eigenvalue weighted by molar-refractivity contribution is 0.435. The van der Waals surface area contributed by atoms with E-state index in [0.29, 0.717) is 23.9 Å². The molecular formula is C11H16ClNO2S3. The van der Waals surface area contributed by atoms with Crippen molar-refractivity contribution in [3.05, 3.63) is 15.8 Å². The largest absolute Gasteiger partial charge is 0.244 e. The summed E-state index contributed by atoms with van der Waals surface area (Å²) in [6.07, 6.45) is 0.926.